The van der Waals surface area contributed by atoms with Gasteiger partial charge in [-0.1, -0.05) is 6.92 Å². The Kier molecular flexibility index (Phi) is 4.41. The van der Waals surface area contributed by atoms with E-state index in [1.165, 1.54) is 6.07 Å². The molecule has 0 saturated carbocycles. The Hall–Kier alpha value is -2.28. The molecule has 0 aliphatic heterocycles. The molecule has 0 radical (unpaired) electrons. The summed E-state index contributed by atoms with van der Waals surface area (Å²) in [5.41, 5.74) is 2.68. The molecule has 4 heteroatoms. The third kappa shape index (κ3) is 3.18. The molecule has 0 fully saturated rings. The number of rotatable bonds is 5. The van der Waals surface area contributed by atoms with E-state index in [1.807, 2.05) is 18.3 Å². The number of benzene rings is 1. The van der Waals surface area contributed by atoms with E-state index in [-0.39, 0.29) is 5.82 Å². The van der Waals surface area contributed by atoms with Crippen molar-refractivity contribution in [3.8, 4) is 6.07 Å². The molecule has 20 heavy (non-hydrogen) atoms. The maximum Gasteiger partial charge on any atom is 0.129 e. The van der Waals surface area contributed by atoms with Gasteiger partial charge in [0.15, 0.2) is 0 Å². The lowest BCUT2D eigenvalue weighted by molar-refractivity contribution is 0.618. The Labute approximate surface area is 118 Å². The van der Waals surface area contributed by atoms with Crippen LogP contribution in [0.3, 0.4) is 0 Å². The van der Waals surface area contributed by atoms with Crippen LogP contribution < -0.4 is 5.32 Å². The third-order valence-electron chi connectivity index (χ3n) is 3.25. The smallest absolute Gasteiger partial charge is 0.129 e. The lowest BCUT2D eigenvalue weighted by Gasteiger charge is -2.10. The number of nitrogens with zero attached hydrogens (tertiary/aromatic N) is 2. The molecule has 0 saturated heterocycles. The normalized spacial score (nSPS) is 10.3. The lowest BCUT2D eigenvalue weighted by Crippen LogP contribution is -2.02. The molecule has 0 bridgehead atoms. The number of hydrogen-bond donors (Lipinski definition) is 1. The summed E-state index contributed by atoms with van der Waals surface area (Å²) < 4.78 is 15.8. The van der Waals surface area contributed by atoms with E-state index < -0.39 is 0 Å². The van der Waals surface area contributed by atoms with Crippen molar-refractivity contribution >= 4 is 5.69 Å². The fraction of sp³-hybridized carbons (Fsp3) is 0.312. The summed E-state index contributed by atoms with van der Waals surface area (Å²) in [5, 5.41) is 12.1. The monoisotopic (exact) mass is 271 g/mol. The molecule has 1 aromatic carbocycles. The number of halogens is 1. The first-order chi connectivity index (χ1) is 9.63. The average molecular weight is 271 g/mol. The highest BCUT2D eigenvalue weighted by Crippen LogP contribution is 2.21. The SMILES string of the molecule is CCCn1ccc(CNc2cc(C#N)cc(F)c2C)c1. The summed E-state index contributed by atoms with van der Waals surface area (Å²) in [6.07, 6.45) is 5.21. The topological polar surface area (TPSA) is 40.8 Å². The number of aromatic nitrogens is 1. The molecule has 1 N–H and O–H groups in total. The first kappa shape index (κ1) is 14.1. The quantitative estimate of drug-likeness (QED) is 0.897. The zero-order valence-electron chi connectivity index (χ0n) is 11.8. The molecule has 2 rings (SSSR count). The molecular weight excluding hydrogens is 253 g/mol. The van der Waals surface area contributed by atoms with Gasteiger partial charge in [0.05, 0.1) is 11.6 Å². The highest BCUT2D eigenvalue weighted by molar-refractivity contribution is 5.56. The second kappa shape index (κ2) is 6.25. The van der Waals surface area contributed by atoms with Crippen LogP contribution in [0.1, 0.15) is 30.0 Å². The third-order valence-corrected chi connectivity index (χ3v) is 3.25. The second-order valence-electron chi connectivity index (χ2n) is 4.85. The maximum absolute atomic E-state index is 13.7. The Bertz CT molecular complexity index is 638. The fourth-order valence-corrected chi connectivity index (χ4v) is 2.12. The average Bonchev–Trinajstić information content (AvgIpc) is 2.88. The van der Waals surface area contributed by atoms with E-state index in [4.69, 9.17) is 5.26 Å². The van der Waals surface area contributed by atoms with Gasteiger partial charge in [0.25, 0.3) is 0 Å². The summed E-state index contributed by atoms with van der Waals surface area (Å²) in [6.45, 7) is 5.46. The van der Waals surface area contributed by atoms with Gasteiger partial charge in [-0.15, -0.1) is 0 Å². The van der Waals surface area contributed by atoms with Crippen LogP contribution >= 0.6 is 0 Å². The number of anilines is 1. The molecule has 104 valence electrons. The molecule has 0 unspecified atom stereocenters. The Morgan fingerprint density at radius 1 is 1.40 bits per heavy atom. The lowest BCUT2D eigenvalue weighted by atomic mass is 10.1. The molecule has 0 spiro atoms. The summed E-state index contributed by atoms with van der Waals surface area (Å²) in [5.74, 6) is -0.352. The van der Waals surface area contributed by atoms with Crippen LogP contribution in [0.25, 0.3) is 0 Å². The maximum atomic E-state index is 13.7. The van der Waals surface area contributed by atoms with Crippen molar-refractivity contribution in [2.75, 3.05) is 5.32 Å². The Morgan fingerprint density at radius 3 is 2.90 bits per heavy atom. The first-order valence-corrected chi connectivity index (χ1v) is 6.72. The van der Waals surface area contributed by atoms with Crippen molar-refractivity contribution in [1.29, 1.82) is 5.26 Å². The van der Waals surface area contributed by atoms with Gasteiger partial charge in [-0.2, -0.15) is 5.26 Å². The van der Waals surface area contributed by atoms with Crippen LogP contribution in [0.2, 0.25) is 0 Å². The number of nitriles is 1. The van der Waals surface area contributed by atoms with E-state index in [0.29, 0.717) is 23.4 Å². The standard InChI is InChI=1S/C16H18FN3/c1-3-5-20-6-4-13(11-20)10-19-16-8-14(9-18)7-15(17)12(16)2/h4,6-8,11,19H,3,5,10H2,1-2H3. The number of hydrogen-bond acceptors (Lipinski definition) is 2. The van der Waals surface area contributed by atoms with Crippen molar-refractivity contribution in [3.05, 3.63) is 53.1 Å². The van der Waals surface area contributed by atoms with Crippen LogP contribution in [-0.4, -0.2) is 4.57 Å². The van der Waals surface area contributed by atoms with Gasteiger partial charge in [0.2, 0.25) is 0 Å². The van der Waals surface area contributed by atoms with Crippen LogP contribution in [-0.2, 0) is 13.1 Å². The molecule has 0 aliphatic carbocycles. The van der Waals surface area contributed by atoms with Gasteiger partial charge >= 0.3 is 0 Å². The van der Waals surface area contributed by atoms with E-state index in [2.05, 4.69) is 23.0 Å². The van der Waals surface area contributed by atoms with Crippen LogP contribution in [0.4, 0.5) is 10.1 Å². The molecule has 2 aromatic rings. The Balaban J connectivity index is 2.10. The van der Waals surface area contributed by atoms with Crippen molar-refractivity contribution in [3.63, 3.8) is 0 Å². The van der Waals surface area contributed by atoms with Crippen molar-refractivity contribution in [1.82, 2.24) is 4.57 Å². The fourth-order valence-electron chi connectivity index (χ4n) is 2.12. The van der Waals surface area contributed by atoms with E-state index in [9.17, 15) is 4.39 Å². The van der Waals surface area contributed by atoms with Crippen LogP contribution in [0, 0.1) is 24.1 Å². The van der Waals surface area contributed by atoms with E-state index in [1.54, 1.807) is 13.0 Å². The first-order valence-electron chi connectivity index (χ1n) is 6.72. The molecule has 0 aliphatic rings. The van der Waals surface area contributed by atoms with Gasteiger partial charge in [0, 0.05) is 36.7 Å². The summed E-state index contributed by atoms with van der Waals surface area (Å²) in [4.78, 5) is 0. The van der Waals surface area contributed by atoms with Crippen molar-refractivity contribution in [2.24, 2.45) is 0 Å². The summed E-state index contributed by atoms with van der Waals surface area (Å²) >= 11 is 0. The van der Waals surface area contributed by atoms with Gasteiger partial charge in [-0.25, -0.2) is 4.39 Å². The summed E-state index contributed by atoms with van der Waals surface area (Å²) in [6, 6.07) is 6.96. The predicted octanol–water partition coefficient (Wildman–Crippen LogP) is 3.83. The molecule has 1 heterocycles. The minimum Gasteiger partial charge on any atom is -0.381 e. The molecule has 0 amide bonds. The highest BCUT2D eigenvalue weighted by Gasteiger charge is 2.07. The van der Waals surface area contributed by atoms with Crippen molar-refractivity contribution < 1.29 is 4.39 Å². The van der Waals surface area contributed by atoms with E-state index in [0.717, 1.165) is 18.5 Å². The Morgan fingerprint density at radius 2 is 2.20 bits per heavy atom. The predicted molar refractivity (Wildman–Crippen MR) is 77.9 cm³/mol. The van der Waals surface area contributed by atoms with Gasteiger partial charge in [-0.05, 0) is 37.1 Å². The molecule has 0 atom stereocenters. The minimum atomic E-state index is -0.352. The molecular formula is C16H18FN3. The highest BCUT2D eigenvalue weighted by atomic mass is 19.1. The minimum absolute atomic E-state index is 0.333. The van der Waals surface area contributed by atoms with Crippen LogP contribution in [0.15, 0.2) is 30.6 Å². The number of aryl methyl sites for hydroxylation is 1. The van der Waals surface area contributed by atoms with Crippen LogP contribution in [0.5, 0.6) is 0 Å². The number of nitrogens with one attached hydrogen (secondary N) is 1. The van der Waals surface area contributed by atoms with Gasteiger partial charge < -0.3 is 9.88 Å². The van der Waals surface area contributed by atoms with Crippen molar-refractivity contribution in [2.45, 2.75) is 33.4 Å². The van der Waals surface area contributed by atoms with Gasteiger partial charge in [-0.3, -0.25) is 0 Å². The second-order valence-corrected chi connectivity index (χ2v) is 4.85. The summed E-state index contributed by atoms with van der Waals surface area (Å²) in [7, 11) is 0. The zero-order valence-corrected chi connectivity index (χ0v) is 11.8. The van der Waals surface area contributed by atoms with Gasteiger partial charge in [0.1, 0.15) is 5.82 Å². The molecule has 1 aromatic heterocycles. The largest absolute Gasteiger partial charge is 0.381 e. The zero-order chi connectivity index (χ0) is 14.5. The van der Waals surface area contributed by atoms with E-state index >= 15 is 0 Å². The molecule has 3 nitrogen and oxygen atoms in total.